The van der Waals surface area contributed by atoms with Crippen molar-refractivity contribution < 1.29 is 9.18 Å². The van der Waals surface area contributed by atoms with Crippen molar-refractivity contribution in [1.29, 1.82) is 0 Å². The minimum atomic E-state index is -0.293. The van der Waals surface area contributed by atoms with Gasteiger partial charge in [0, 0.05) is 17.9 Å². The van der Waals surface area contributed by atoms with Gasteiger partial charge < -0.3 is 5.32 Å². The van der Waals surface area contributed by atoms with E-state index < -0.39 is 0 Å². The van der Waals surface area contributed by atoms with Gasteiger partial charge in [0.2, 0.25) is 0 Å². The molecule has 5 nitrogen and oxygen atoms in total. The van der Waals surface area contributed by atoms with Gasteiger partial charge >= 0.3 is 0 Å². The molecular weight excluding hydrogens is 449 g/mol. The molecule has 0 unspecified atom stereocenters. The summed E-state index contributed by atoms with van der Waals surface area (Å²) in [5.74, 6) is 0.0304. The van der Waals surface area contributed by atoms with E-state index in [0.717, 1.165) is 28.8 Å². The second kappa shape index (κ2) is 10.2. The Morgan fingerprint density at radius 1 is 1.03 bits per heavy atom. The molecule has 4 aromatic rings. The molecular formula is C27H26FN3O2S. The summed E-state index contributed by atoms with van der Waals surface area (Å²) in [6.07, 6.45) is 0.836. The van der Waals surface area contributed by atoms with Crippen LogP contribution in [0.4, 0.5) is 4.39 Å². The molecule has 1 aromatic heterocycles. The summed E-state index contributed by atoms with van der Waals surface area (Å²) in [5, 5.41) is 3.81. The van der Waals surface area contributed by atoms with Gasteiger partial charge in [-0.15, -0.1) is 0 Å². The molecule has 0 bridgehead atoms. The van der Waals surface area contributed by atoms with Crippen LogP contribution in [-0.2, 0) is 5.75 Å². The Labute approximate surface area is 202 Å². The molecule has 0 radical (unpaired) electrons. The van der Waals surface area contributed by atoms with E-state index in [1.807, 2.05) is 32.9 Å². The molecule has 1 heterocycles. The molecule has 0 saturated carbocycles. The number of halogens is 1. The number of hydrogen-bond acceptors (Lipinski definition) is 4. The Kier molecular flexibility index (Phi) is 7.12. The average Bonchev–Trinajstić information content (AvgIpc) is 2.81. The topological polar surface area (TPSA) is 64.0 Å². The van der Waals surface area contributed by atoms with Crippen molar-refractivity contribution in [2.45, 2.75) is 38.1 Å². The molecule has 1 amide bonds. The van der Waals surface area contributed by atoms with Crippen molar-refractivity contribution in [3.8, 4) is 5.69 Å². The number of hydrogen-bond donors (Lipinski definition) is 1. The Morgan fingerprint density at radius 2 is 1.74 bits per heavy atom. The summed E-state index contributed by atoms with van der Waals surface area (Å²) in [4.78, 5) is 30.9. The predicted molar refractivity (Wildman–Crippen MR) is 135 cm³/mol. The van der Waals surface area contributed by atoms with Gasteiger partial charge in [-0.25, -0.2) is 9.37 Å². The average molecular weight is 476 g/mol. The van der Waals surface area contributed by atoms with E-state index >= 15 is 0 Å². The van der Waals surface area contributed by atoms with Crippen LogP contribution in [0.2, 0.25) is 0 Å². The molecule has 0 aliphatic rings. The molecule has 0 aliphatic heterocycles. The zero-order chi connectivity index (χ0) is 24.2. The first kappa shape index (κ1) is 23.7. The van der Waals surface area contributed by atoms with Crippen LogP contribution in [0.1, 0.15) is 40.4 Å². The van der Waals surface area contributed by atoms with Gasteiger partial charge in [0.05, 0.1) is 16.6 Å². The first-order chi connectivity index (χ1) is 16.4. The van der Waals surface area contributed by atoms with Crippen LogP contribution < -0.4 is 10.9 Å². The normalized spacial score (nSPS) is 11.1. The number of nitrogens with one attached hydrogen (secondary N) is 1. The monoisotopic (exact) mass is 475 g/mol. The van der Waals surface area contributed by atoms with Gasteiger partial charge in [0.25, 0.3) is 11.5 Å². The largest absolute Gasteiger partial charge is 0.352 e. The van der Waals surface area contributed by atoms with Crippen LogP contribution in [0.15, 0.2) is 70.6 Å². The molecule has 0 atom stereocenters. The summed E-state index contributed by atoms with van der Waals surface area (Å²) < 4.78 is 14.9. The number of fused-ring (bicyclic) bond motifs is 1. The van der Waals surface area contributed by atoms with Crippen LogP contribution in [0.25, 0.3) is 16.6 Å². The van der Waals surface area contributed by atoms with Crippen LogP contribution in [0.3, 0.4) is 0 Å². The van der Waals surface area contributed by atoms with Crippen molar-refractivity contribution >= 4 is 28.6 Å². The highest BCUT2D eigenvalue weighted by molar-refractivity contribution is 7.98. The third-order valence-corrected chi connectivity index (χ3v) is 6.39. The Morgan fingerprint density at radius 3 is 2.41 bits per heavy atom. The fourth-order valence-electron chi connectivity index (χ4n) is 3.78. The lowest BCUT2D eigenvalue weighted by Crippen LogP contribution is -2.25. The summed E-state index contributed by atoms with van der Waals surface area (Å²) in [7, 11) is 0. The standard InChI is InChI=1S/C27H26FN3O2S/c1-4-11-29-25(32)20-7-10-23-24(15-20)30-27(34-16-19-5-8-21(28)9-6-19)31(26(23)33)22-13-17(2)12-18(3)14-22/h5-10,12-15H,4,11,16H2,1-3H3,(H,29,32). The smallest absolute Gasteiger partial charge is 0.266 e. The first-order valence-corrected chi connectivity index (χ1v) is 12.1. The lowest BCUT2D eigenvalue weighted by Gasteiger charge is -2.15. The van der Waals surface area contributed by atoms with E-state index in [2.05, 4.69) is 11.4 Å². The van der Waals surface area contributed by atoms with Crippen LogP contribution in [-0.4, -0.2) is 22.0 Å². The van der Waals surface area contributed by atoms with E-state index in [-0.39, 0.29) is 17.3 Å². The van der Waals surface area contributed by atoms with E-state index in [4.69, 9.17) is 4.98 Å². The van der Waals surface area contributed by atoms with Gasteiger partial charge in [0.15, 0.2) is 5.16 Å². The lowest BCUT2D eigenvalue weighted by molar-refractivity contribution is 0.0953. The second-order valence-electron chi connectivity index (χ2n) is 8.28. The number of thioether (sulfide) groups is 1. The SMILES string of the molecule is CCCNC(=O)c1ccc2c(=O)n(-c3cc(C)cc(C)c3)c(SCc3ccc(F)cc3)nc2c1. The number of amides is 1. The number of nitrogens with zero attached hydrogens (tertiary/aromatic N) is 2. The fourth-order valence-corrected chi connectivity index (χ4v) is 4.75. The molecule has 0 saturated heterocycles. The summed E-state index contributed by atoms with van der Waals surface area (Å²) in [6, 6.07) is 17.2. The second-order valence-corrected chi connectivity index (χ2v) is 9.23. The highest BCUT2D eigenvalue weighted by atomic mass is 32.2. The fraction of sp³-hybridized carbons (Fsp3) is 0.222. The molecule has 0 spiro atoms. The van der Waals surface area contributed by atoms with E-state index in [1.165, 1.54) is 23.9 Å². The highest BCUT2D eigenvalue weighted by Gasteiger charge is 2.16. The van der Waals surface area contributed by atoms with Gasteiger partial charge in [-0.05, 0) is 79.4 Å². The number of benzene rings is 3. The third kappa shape index (κ3) is 5.20. The number of rotatable bonds is 7. The van der Waals surface area contributed by atoms with Gasteiger partial charge in [0.1, 0.15) is 5.82 Å². The maximum Gasteiger partial charge on any atom is 0.266 e. The Balaban J connectivity index is 1.83. The minimum Gasteiger partial charge on any atom is -0.352 e. The number of aryl methyl sites for hydroxylation is 2. The van der Waals surface area contributed by atoms with Crippen molar-refractivity contribution in [3.05, 3.63) is 99.1 Å². The third-order valence-electron chi connectivity index (χ3n) is 5.38. The number of carbonyl (C=O) groups is 1. The zero-order valence-electron chi connectivity index (χ0n) is 19.4. The van der Waals surface area contributed by atoms with Crippen molar-refractivity contribution in [3.63, 3.8) is 0 Å². The molecule has 4 rings (SSSR count). The highest BCUT2D eigenvalue weighted by Crippen LogP contribution is 2.26. The number of aromatic nitrogens is 2. The predicted octanol–water partition coefficient (Wildman–Crippen LogP) is 5.57. The molecule has 7 heteroatoms. The zero-order valence-corrected chi connectivity index (χ0v) is 20.2. The van der Waals surface area contributed by atoms with Gasteiger partial charge in [-0.1, -0.05) is 36.9 Å². The Hall–Kier alpha value is -3.45. The summed E-state index contributed by atoms with van der Waals surface area (Å²) in [6.45, 7) is 6.55. The quantitative estimate of drug-likeness (QED) is 0.280. The van der Waals surface area contributed by atoms with Crippen molar-refractivity contribution in [2.75, 3.05) is 6.54 Å². The van der Waals surface area contributed by atoms with Crippen molar-refractivity contribution in [2.24, 2.45) is 0 Å². The maximum atomic E-state index is 13.6. The number of carbonyl (C=O) groups excluding carboxylic acids is 1. The molecule has 0 fully saturated rings. The van der Waals surface area contributed by atoms with Gasteiger partial charge in [-0.2, -0.15) is 0 Å². The van der Waals surface area contributed by atoms with E-state index in [9.17, 15) is 14.0 Å². The Bertz CT molecular complexity index is 1390. The maximum absolute atomic E-state index is 13.6. The molecule has 174 valence electrons. The lowest BCUT2D eigenvalue weighted by atomic mass is 10.1. The summed E-state index contributed by atoms with van der Waals surface area (Å²) >= 11 is 1.40. The molecule has 1 N–H and O–H groups in total. The van der Waals surface area contributed by atoms with Crippen LogP contribution in [0, 0.1) is 19.7 Å². The molecule has 34 heavy (non-hydrogen) atoms. The van der Waals surface area contributed by atoms with Crippen molar-refractivity contribution in [1.82, 2.24) is 14.9 Å². The van der Waals surface area contributed by atoms with Crippen LogP contribution >= 0.6 is 11.8 Å². The van der Waals surface area contributed by atoms with Gasteiger partial charge in [-0.3, -0.25) is 14.2 Å². The minimum absolute atomic E-state index is 0.190. The molecule has 3 aromatic carbocycles. The van der Waals surface area contributed by atoms with Crippen LogP contribution in [0.5, 0.6) is 0 Å². The van der Waals surface area contributed by atoms with E-state index in [0.29, 0.717) is 33.9 Å². The van der Waals surface area contributed by atoms with E-state index in [1.54, 1.807) is 34.9 Å². The summed E-state index contributed by atoms with van der Waals surface area (Å²) in [5.41, 5.74) is 4.47. The molecule has 0 aliphatic carbocycles. The first-order valence-electron chi connectivity index (χ1n) is 11.2.